The molecule has 0 amide bonds. The van der Waals surface area contributed by atoms with Gasteiger partial charge in [-0.3, -0.25) is 0 Å². The van der Waals surface area contributed by atoms with Crippen molar-refractivity contribution >= 4 is 17.8 Å². The highest BCUT2D eigenvalue weighted by molar-refractivity contribution is 5.94. The number of anilines is 1. The molecular formula is C14H16N2O4. The Labute approximate surface area is 117 Å². The van der Waals surface area contributed by atoms with E-state index in [1.54, 1.807) is 6.20 Å². The molecule has 6 nitrogen and oxygen atoms in total. The van der Waals surface area contributed by atoms with E-state index in [4.69, 9.17) is 0 Å². The molecule has 0 aromatic carbocycles. The van der Waals surface area contributed by atoms with E-state index in [9.17, 15) is 9.59 Å². The second kappa shape index (κ2) is 7.73. The number of ether oxygens (including phenoxy) is 2. The maximum Gasteiger partial charge on any atom is 0.339 e. The Balaban J connectivity index is 2.91. The van der Waals surface area contributed by atoms with Crippen LogP contribution in [0.15, 0.2) is 42.3 Å². The first-order valence-corrected chi connectivity index (χ1v) is 5.81. The van der Waals surface area contributed by atoms with Gasteiger partial charge in [-0.1, -0.05) is 6.07 Å². The van der Waals surface area contributed by atoms with Crippen LogP contribution in [0.1, 0.15) is 5.56 Å². The number of carbonyl (C=O) groups is 2. The molecule has 0 spiro atoms. The Hall–Kier alpha value is -2.63. The fourth-order valence-electron chi connectivity index (χ4n) is 1.30. The molecule has 0 aliphatic carbocycles. The van der Waals surface area contributed by atoms with Crippen LogP contribution in [-0.2, 0) is 19.1 Å². The number of esters is 2. The number of aromatic nitrogens is 1. The third-order valence-electron chi connectivity index (χ3n) is 2.40. The second-order valence-electron chi connectivity index (χ2n) is 3.76. The SMILES string of the molecule is COC(=O)/C=C/C(=C\Nc1ncccc1C)C(=O)OC. The van der Waals surface area contributed by atoms with Crippen LogP contribution >= 0.6 is 0 Å². The number of hydrogen-bond donors (Lipinski definition) is 1. The van der Waals surface area contributed by atoms with Gasteiger partial charge in [-0.2, -0.15) is 0 Å². The largest absolute Gasteiger partial charge is 0.466 e. The Kier molecular flexibility index (Phi) is 5.96. The van der Waals surface area contributed by atoms with Gasteiger partial charge in [0, 0.05) is 18.5 Å². The lowest BCUT2D eigenvalue weighted by atomic mass is 10.2. The molecule has 1 aromatic rings. The summed E-state index contributed by atoms with van der Waals surface area (Å²) in [6.45, 7) is 1.88. The number of rotatable bonds is 5. The highest BCUT2D eigenvalue weighted by Crippen LogP contribution is 2.10. The topological polar surface area (TPSA) is 77.5 Å². The molecule has 0 saturated carbocycles. The molecule has 20 heavy (non-hydrogen) atoms. The lowest BCUT2D eigenvalue weighted by molar-refractivity contribution is -0.135. The first-order valence-electron chi connectivity index (χ1n) is 5.81. The van der Waals surface area contributed by atoms with Gasteiger partial charge in [-0.05, 0) is 24.6 Å². The van der Waals surface area contributed by atoms with Crippen LogP contribution < -0.4 is 5.32 Å². The molecule has 1 N–H and O–H groups in total. The van der Waals surface area contributed by atoms with E-state index in [0.29, 0.717) is 5.82 Å². The van der Waals surface area contributed by atoms with Crippen LogP contribution in [0.2, 0.25) is 0 Å². The number of carbonyl (C=O) groups excluding carboxylic acids is 2. The number of nitrogens with one attached hydrogen (secondary N) is 1. The summed E-state index contributed by atoms with van der Waals surface area (Å²) in [6, 6.07) is 3.69. The van der Waals surface area contributed by atoms with Gasteiger partial charge in [0.15, 0.2) is 0 Å². The Morgan fingerprint density at radius 3 is 2.60 bits per heavy atom. The number of pyridine rings is 1. The lowest BCUT2D eigenvalue weighted by Gasteiger charge is -2.05. The molecule has 0 bridgehead atoms. The summed E-state index contributed by atoms with van der Waals surface area (Å²) < 4.78 is 9.08. The van der Waals surface area contributed by atoms with E-state index in [2.05, 4.69) is 19.8 Å². The highest BCUT2D eigenvalue weighted by Gasteiger charge is 2.07. The summed E-state index contributed by atoms with van der Waals surface area (Å²) in [6.07, 6.45) is 5.49. The predicted molar refractivity (Wildman–Crippen MR) is 73.9 cm³/mol. The van der Waals surface area contributed by atoms with Gasteiger partial charge in [0.25, 0.3) is 0 Å². The van der Waals surface area contributed by atoms with E-state index in [0.717, 1.165) is 11.6 Å². The third-order valence-corrected chi connectivity index (χ3v) is 2.40. The molecular weight excluding hydrogens is 260 g/mol. The van der Waals surface area contributed by atoms with Crippen molar-refractivity contribution in [2.45, 2.75) is 6.92 Å². The zero-order valence-corrected chi connectivity index (χ0v) is 11.5. The Bertz CT molecular complexity index is 550. The molecule has 1 rings (SSSR count). The van der Waals surface area contributed by atoms with Crippen LogP contribution in [0.5, 0.6) is 0 Å². The van der Waals surface area contributed by atoms with Crippen LogP contribution in [0.4, 0.5) is 5.82 Å². The molecule has 0 aliphatic heterocycles. The number of hydrogen-bond acceptors (Lipinski definition) is 6. The summed E-state index contributed by atoms with van der Waals surface area (Å²) in [5.41, 5.74) is 1.09. The standard InChI is InChI=1S/C14H16N2O4/c1-10-5-4-8-15-13(10)16-9-11(14(18)20-3)6-7-12(17)19-2/h4-9H,1-3H3,(H,15,16)/b7-6+,11-9+. The van der Waals surface area contributed by atoms with Gasteiger partial charge < -0.3 is 14.8 Å². The number of nitrogens with zero attached hydrogens (tertiary/aromatic N) is 1. The molecule has 6 heteroatoms. The Morgan fingerprint density at radius 2 is 2.00 bits per heavy atom. The second-order valence-corrected chi connectivity index (χ2v) is 3.76. The molecule has 106 valence electrons. The summed E-state index contributed by atoms with van der Waals surface area (Å²) >= 11 is 0. The van der Waals surface area contributed by atoms with Crippen LogP contribution in [-0.4, -0.2) is 31.1 Å². The summed E-state index contributed by atoms with van der Waals surface area (Å²) in [7, 11) is 2.51. The summed E-state index contributed by atoms with van der Waals surface area (Å²) in [5.74, 6) is -0.527. The van der Waals surface area contributed by atoms with Crippen LogP contribution in [0, 0.1) is 6.92 Å². The normalized spacial score (nSPS) is 11.2. The molecule has 0 atom stereocenters. The van der Waals surface area contributed by atoms with Gasteiger partial charge >= 0.3 is 11.9 Å². The maximum absolute atomic E-state index is 11.6. The summed E-state index contributed by atoms with van der Waals surface area (Å²) in [4.78, 5) is 26.7. The van der Waals surface area contributed by atoms with E-state index < -0.39 is 11.9 Å². The molecule has 1 aromatic heterocycles. The zero-order valence-electron chi connectivity index (χ0n) is 11.5. The van der Waals surface area contributed by atoms with E-state index >= 15 is 0 Å². The van der Waals surface area contributed by atoms with Crippen molar-refractivity contribution in [2.75, 3.05) is 19.5 Å². The lowest BCUT2D eigenvalue weighted by Crippen LogP contribution is -2.06. The van der Waals surface area contributed by atoms with Crippen molar-refractivity contribution in [1.82, 2.24) is 4.98 Å². The zero-order chi connectivity index (χ0) is 15.0. The highest BCUT2D eigenvalue weighted by atomic mass is 16.5. The van der Waals surface area contributed by atoms with E-state index in [1.165, 1.54) is 26.5 Å². The molecule has 0 aliphatic rings. The smallest absolute Gasteiger partial charge is 0.339 e. The fourth-order valence-corrected chi connectivity index (χ4v) is 1.30. The summed E-state index contributed by atoms with van der Waals surface area (Å²) in [5, 5.41) is 2.89. The van der Waals surface area contributed by atoms with Crippen molar-refractivity contribution in [1.29, 1.82) is 0 Å². The number of methoxy groups -OCH3 is 2. The molecule has 1 heterocycles. The van der Waals surface area contributed by atoms with Crippen molar-refractivity contribution in [3.8, 4) is 0 Å². The first kappa shape index (κ1) is 15.4. The average Bonchev–Trinajstić information content (AvgIpc) is 2.47. The van der Waals surface area contributed by atoms with Crippen LogP contribution in [0.25, 0.3) is 0 Å². The van der Waals surface area contributed by atoms with Crippen molar-refractivity contribution in [3.05, 3.63) is 47.8 Å². The van der Waals surface area contributed by atoms with Crippen molar-refractivity contribution in [3.63, 3.8) is 0 Å². The minimum atomic E-state index is -0.578. The van der Waals surface area contributed by atoms with E-state index in [1.807, 2.05) is 19.1 Å². The van der Waals surface area contributed by atoms with Gasteiger partial charge in [0.1, 0.15) is 5.82 Å². The van der Waals surface area contributed by atoms with Gasteiger partial charge in [-0.25, -0.2) is 14.6 Å². The minimum absolute atomic E-state index is 0.169. The monoisotopic (exact) mass is 276 g/mol. The first-order chi connectivity index (χ1) is 9.58. The third kappa shape index (κ3) is 4.56. The maximum atomic E-state index is 11.6. The van der Waals surface area contributed by atoms with Crippen molar-refractivity contribution < 1.29 is 19.1 Å². The Morgan fingerprint density at radius 1 is 1.25 bits per heavy atom. The fraction of sp³-hybridized carbons (Fsp3) is 0.214. The predicted octanol–water partition coefficient (Wildman–Crippen LogP) is 1.59. The van der Waals surface area contributed by atoms with Crippen molar-refractivity contribution in [2.24, 2.45) is 0 Å². The average molecular weight is 276 g/mol. The van der Waals surface area contributed by atoms with Gasteiger partial charge in [0.05, 0.1) is 19.8 Å². The molecule has 0 fully saturated rings. The molecule has 0 radical (unpaired) electrons. The minimum Gasteiger partial charge on any atom is -0.466 e. The quantitative estimate of drug-likeness (QED) is 0.500. The van der Waals surface area contributed by atoms with Gasteiger partial charge in [-0.15, -0.1) is 0 Å². The molecule has 0 unspecified atom stereocenters. The molecule has 0 saturated heterocycles. The van der Waals surface area contributed by atoms with E-state index in [-0.39, 0.29) is 5.57 Å². The van der Waals surface area contributed by atoms with Crippen LogP contribution in [0.3, 0.4) is 0 Å². The van der Waals surface area contributed by atoms with Gasteiger partial charge in [0.2, 0.25) is 0 Å². The number of aryl methyl sites for hydroxylation is 1.